The molecule has 0 atom stereocenters. The van der Waals surface area contributed by atoms with Gasteiger partial charge < -0.3 is 10.6 Å². The SMILES string of the molecule is CCNC(=S)NCC1(C)CCC1. The highest BCUT2D eigenvalue weighted by Gasteiger charge is 2.31. The monoisotopic (exact) mass is 186 g/mol. The van der Waals surface area contributed by atoms with Crippen molar-refractivity contribution in [2.75, 3.05) is 13.1 Å². The minimum Gasteiger partial charge on any atom is -0.363 e. The highest BCUT2D eigenvalue weighted by Crippen LogP contribution is 2.39. The third-order valence-electron chi connectivity index (χ3n) is 2.57. The van der Waals surface area contributed by atoms with Gasteiger partial charge in [0.2, 0.25) is 0 Å². The van der Waals surface area contributed by atoms with Crippen molar-refractivity contribution in [3.63, 3.8) is 0 Å². The summed E-state index contributed by atoms with van der Waals surface area (Å²) in [4.78, 5) is 0. The normalized spacial score (nSPS) is 19.5. The fraction of sp³-hybridized carbons (Fsp3) is 0.889. The van der Waals surface area contributed by atoms with Gasteiger partial charge in [0.05, 0.1) is 0 Å². The Morgan fingerprint density at radius 3 is 2.50 bits per heavy atom. The summed E-state index contributed by atoms with van der Waals surface area (Å²) >= 11 is 5.07. The third kappa shape index (κ3) is 2.63. The Morgan fingerprint density at radius 1 is 1.42 bits per heavy atom. The molecule has 1 saturated carbocycles. The van der Waals surface area contributed by atoms with Gasteiger partial charge in [-0.15, -0.1) is 0 Å². The van der Waals surface area contributed by atoms with Gasteiger partial charge in [-0.05, 0) is 37.4 Å². The average molecular weight is 186 g/mol. The molecule has 1 aliphatic rings. The highest BCUT2D eigenvalue weighted by molar-refractivity contribution is 7.80. The molecule has 0 heterocycles. The molecule has 0 aromatic rings. The van der Waals surface area contributed by atoms with E-state index in [0.29, 0.717) is 5.41 Å². The topological polar surface area (TPSA) is 24.1 Å². The number of hydrogen-bond donors (Lipinski definition) is 2. The summed E-state index contributed by atoms with van der Waals surface area (Å²) in [5, 5.41) is 7.13. The predicted octanol–water partition coefficient (Wildman–Crippen LogP) is 1.66. The third-order valence-corrected chi connectivity index (χ3v) is 2.86. The smallest absolute Gasteiger partial charge is 0.166 e. The van der Waals surface area contributed by atoms with Crippen molar-refractivity contribution in [3.05, 3.63) is 0 Å². The highest BCUT2D eigenvalue weighted by atomic mass is 32.1. The van der Waals surface area contributed by atoms with Gasteiger partial charge in [-0.25, -0.2) is 0 Å². The van der Waals surface area contributed by atoms with Crippen molar-refractivity contribution in [1.82, 2.24) is 10.6 Å². The fourth-order valence-corrected chi connectivity index (χ4v) is 1.69. The first kappa shape index (κ1) is 9.78. The van der Waals surface area contributed by atoms with Gasteiger partial charge in [-0.2, -0.15) is 0 Å². The minimum atomic E-state index is 0.513. The summed E-state index contributed by atoms with van der Waals surface area (Å²) in [5.74, 6) is 0. The maximum atomic E-state index is 5.07. The van der Waals surface area contributed by atoms with Gasteiger partial charge in [0.15, 0.2) is 5.11 Å². The summed E-state index contributed by atoms with van der Waals surface area (Å²) in [6, 6.07) is 0. The van der Waals surface area contributed by atoms with E-state index in [2.05, 4.69) is 24.5 Å². The Bertz CT molecular complexity index is 164. The molecule has 0 bridgehead atoms. The molecule has 3 heteroatoms. The number of nitrogens with one attached hydrogen (secondary N) is 2. The molecule has 2 N–H and O–H groups in total. The fourth-order valence-electron chi connectivity index (χ4n) is 1.47. The zero-order valence-electron chi connectivity index (χ0n) is 7.94. The van der Waals surface area contributed by atoms with Crippen LogP contribution in [0.5, 0.6) is 0 Å². The van der Waals surface area contributed by atoms with Crippen LogP contribution in [0.15, 0.2) is 0 Å². The molecule has 1 fully saturated rings. The van der Waals surface area contributed by atoms with E-state index in [1.165, 1.54) is 19.3 Å². The van der Waals surface area contributed by atoms with Crippen LogP contribution in [0.4, 0.5) is 0 Å². The molecule has 0 unspecified atom stereocenters. The second kappa shape index (κ2) is 4.08. The van der Waals surface area contributed by atoms with E-state index in [4.69, 9.17) is 12.2 Å². The Balaban J connectivity index is 2.12. The second-order valence-corrected chi connectivity index (χ2v) is 4.29. The summed E-state index contributed by atoms with van der Waals surface area (Å²) < 4.78 is 0. The van der Waals surface area contributed by atoms with Crippen molar-refractivity contribution in [2.45, 2.75) is 33.1 Å². The van der Waals surface area contributed by atoms with Crippen molar-refractivity contribution in [1.29, 1.82) is 0 Å². The lowest BCUT2D eigenvalue weighted by atomic mass is 9.70. The number of rotatable bonds is 3. The second-order valence-electron chi connectivity index (χ2n) is 3.88. The molecule has 0 aromatic heterocycles. The Labute approximate surface area is 80.1 Å². The van der Waals surface area contributed by atoms with Gasteiger partial charge in [-0.3, -0.25) is 0 Å². The summed E-state index contributed by atoms with van der Waals surface area (Å²) in [6.45, 7) is 6.30. The lowest BCUT2D eigenvalue weighted by molar-refractivity contribution is 0.165. The van der Waals surface area contributed by atoms with Gasteiger partial charge in [-0.1, -0.05) is 13.3 Å². The zero-order valence-corrected chi connectivity index (χ0v) is 8.76. The van der Waals surface area contributed by atoms with E-state index in [-0.39, 0.29) is 0 Å². The summed E-state index contributed by atoms with van der Waals surface area (Å²) in [7, 11) is 0. The van der Waals surface area contributed by atoms with Gasteiger partial charge in [0.1, 0.15) is 0 Å². The number of hydrogen-bond acceptors (Lipinski definition) is 1. The average Bonchev–Trinajstić information content (AvgIpc) is 1.98. The Morgan fingerprint density at radius 2 is 2.08 bits per heavy atom. The van der Waals surface area contributed by atoms with Crippen molar-refractivity contribution in [2.24, 2.45) is 5.41 Å². The zero-order chi connectivity index (χ0) is 9.03. The molecule has 0 aliphatic heterocycles. The van der Waals surface area contributed by atoms with Gasteiger partial charge >= 0.3 is 0 Å². The Kier molecular flexibility index (Phi) is 3.32. The summed E-state index contributed by atoms with van der Waals surface area (Å²) in [5.41, 5.74) is 0.513. The van der Waals surface area contributed by atoms with Crippen LogP contribution >= 0.6 is 12.2 Å². The first-order valence-corrected chi connectivity index (χ1v) is 5.09. The molecule has 1 rings (SSSR count). The molecule has 1 aliphatic carbocycles. The van der Waals surface area contributed by atoms with E-state index < -0.39 is 0 Å². The van der Waals surface area contributed by atoms with Crippen LogP contribution in [0.2, 0.25) is 0 Å². The van der Waals surface area contributed by atoms with E-state index in [1.807, 2.05) is 0 Å². The van der Waals surface area contributed by atoms with Crippen LogP contribution in [0, 0.1) is 5.41 Å². The molecule has 0 amide bonds. The Hall–Kier alpha value is -0.310. The van der Waals surface area contributed by atoms with Crippen molar-refractivity contribution < 1.29 is 0 Å². The van der Waals surface area contributed by atoms with E-state index in [1.54, 1.807) is 0 Å². The first-order valence-electron chi connectivity index (χ1n) is 4.68. The van der Waals surface area contributed by atoms with Gasteiger partial charge in [0, 0.05) is 13.1 Å². The molecule has 0 spiro atoms. The molecular weight excluding hydrogens is 168 g/mol. The van der Waals surface area contributed by atoms with Crippen LogP contribution in [0.25, 0.3) is 0 Å². The lowest BCUT2D eigenvalue weighted by Gasteiger charge is -2.38. The predicted molar refractivity (Wildman–Crippen MR) is 56.2 cm³/mol. The lowest BCUT2D eigenvalue weighted by Crippen LogP contribution is -2.43. The molecular formula is C9H18N2S. The van der Waals surface area contributed by atoms with Crippen molar-refractivity contribution in [3.8, 4) is 0 Å². The van der Waals surface area contributed by atoms with E-state index in [0.717, 1.165) is 18.2 Å². The molecule has 2 nitrogen and oxygen atoms in total. The van der Waals surface area contributed by atoms with Crippen LogP contribution < -0.4 is 10.6 Å². The quantitative estimate of drug-likeness (QED) is 0.656. The maximum absolute atomic E-state index is 5.07. The summed E-state index contributed by atoms with van der Waals surface area (Å²) in [6.07, 6.45) is 4.07. The molecule has 70 valence electrons. The van der Waals surface area contributed by atoms with Crippen LogP contribution in [0.3, 0.4) is 0 Å². The van der Waals surface area contributed by atoms with E-state index in [9.17, 15) is 0 Å². The minimum absolute atomic E-state index is 0.513. The van der Waals surface area contributed by atoms with Crippen LogP contribution in [-0.2, 0) is 0 Å². The number of thiocarbonyl (C=S) groups is 1. The maximum Gasteiger partial charge on any atom is 0.166 e. The molecule has 12 heavy (non-hydrogen) atoms. The van der Waals surface area contributed by atoms with Crippen LogP contribution in [0.1, 0.15) is 33.1 Å². The standard InChI is InChI=1S/C9H18N2S/c1-3-10-8(12)11-7-9(2)5-4-6-9/h3-7H2,1-2H3,(H2,10,11,12). The largest absolute Gasteiger partial charge is 0.363 e. The van der Waals surface area contributed by atoms with Gasteiger partial charge in [0.25, 0.3) is 0 Å². The molecule has 0 radical (unpaired) electrons. The van der Waals surface area contributed by atoms with Crippen molar-refractivity contribution >= 4 is 17.3 Å². The van der Waals surface area contributed by atoms with Crippen LogP contribution in [-0.4, -0.2) is 18.2 Å². The van der Waals surface area contributed by atoms with E-state index >= 15 is 0 Å². The molecule has 0 saturated heterocycles. The first-order chi connectivity index (χ1) is 5.66. The molecule has 0 aromatic carbocycles.